The lowest BCUT2D eigenvalue weighted by atomic mass is 9.75. The lowest BCUT2D eigenvalue weighted by molar-refractivity contribution is -0.126. The number of carbonyl (C=O) groups is 1. The van der Waals surface area contributed by atoms with E-state index < -0.39 is 0 Å². The molecule has 0 amide bonds. The van der Waals surface area contributed by atoms with Crippen LogP contribution in [0.5, 0.6) is 0 Å². The maximum atomic E-state index is 13.1. The number of ketones is 1. The first-order valence-corrected chi connectivity index (χ1v) is 8.20. The van der Waals surface area contributed by atoms with E-state index in [-0.39, 0.29) is 18.1 Å². The molecule has 0 unspecified atom stereocenters. The Morgan fingerprint density at radius 3 is 2.57 bits per heavy atom. The van der Waals surface area contributed by atoms with Crippen molar-refractivity contribution >= 4 is 5.78 Å². The second-order valence-corrected chi connectivity index (χ2v) is 6.53. The standard InChI is InChI=1S/C18H25NO2/c20-14-16-9-6-12-19(16)13-17(21)18(10-4-5-11-18)15-7-2-1-3-8-15/h1-3,7-8,16,20H,4-6,9-14H2/t16-/m0/s1. The van der Waals surface area contributed by atoms with Crippen LogP contribution < -0.4 is 0 Å². The summed E-state index contributed by atoms with van der Waals surface area (Å²) in [6, 6.07) is 10.5. The molecule has 0 spiro atoms. The van der Waals surface area contributed by atoms with Crippen LogP contribution in [0.1, 0.15) is 44.1 Å². The Labute approximate surface area is 127 Å². The van der Waals surface area contributed by atoms with Gasteiger partial charge in [-0.05, 0) is 37.8 Å². The van der Waals surface area contributed by atoms with Crippen molar-refractivity contribution in [1.29, 1.82) is 0 Å². The van der Waals surface area contributed by atoms with E-state index in [0.29, 0.717) is 12.3 Å². The van der Waals surface area contributed by atoms with Gasteiger partial charge >= 0.3 is 0 Å². The third kappa shape index (κ3) is 2.77. The lowest BCUT2D eigenvalue weighted by Gasteiger charge is -2.31. The van der Waals surface area contributed by atoms with Gasteiger partial charge in [0, 0.05) is 6.04 Å². The van der Waals surface area contributed by atoms with Crippen LogP contribution >= 0.6 is 0 Å². The molecule has 0 radical (unpaired) electrons. The smallest absolute Gasteiger partial charge is 0.157 e. The van der Waals surface area contributed by atoms with E-state index in [1.807, 2.05) is 18.2 Å². The van der Waals surface area contributed by atoms with Crippen molar-refractivity contribution in [2.24, 2.45) is 0 Å². The topological polar surface area (TPSA) is 40.5 Å². The van der Waals surface area contributed by atoms with Crippen molar-refractivity contribution in [2.75, 3.05) is 19.7 Å². The van der Waals surface area contributed by atoms with Gasteiger partial charge in [0.25, 0.3) is 0 Å². The minimum Gasteiger partial charge on any atom is -0.395 e. The van der Waals surface area contributed by atoms with E-state index in [1.54, 1.807) is 0 Å². The molecule has 114 valence electrons. The molecule has 1 aromatic rings. The number of benzene rings is 1. The molecule has 1 heterocycles. The summed E-state index contributed by atoms with van der Waals surface area (Å²) in [6.45, 7) is 1.62. The number of nitrogens with zero attached hydrogens (tertiary/aromatic N) is 1. The molecule has 3 heteroatoms. The van der Waals surface area contributed by atoms with Crippen LogP contribution in [0.4, 0.5) is 0 Å². The molecule has 1 saturated heterocycles. The third-order valence-corrected chi connectivity index (χ3v) is 5.37. The minimum absolute atomic E-state index is 0.172. The summed E-state index contributed by atoms with van der Waals surface area (Å²) in [4.78, 5) is 15.2. The highest BCUT2D eigenvalue weighted by Gasteiger charge is 2.43. The van der Waals surface area contributed by atoms with Crippen molar-refractivity contribution < 1.29 is 9.90 Å². The summed E-state index contributed by atoms with van der Waals surface area (Å²) in [7, 11) is 0. The zero-order chi connectivity index (χ0) is 14.7. The van der Waals surface area contributed by atoms with Gasteiger partial charge in [-0.25, -0.2) is 0 Å². The summed E-state index contributed by atoms with van der Waals surface area (Å²) in [5.74, 6) is 0.353. The van der Waals surface area contributed by atoms with Crippen LogP contribution in [0.3, 0.4) is 0 Å². The number of hydrogen-bond donors (Lipinski definition) is 1. The quantitative estimate of drug-likeness (QED) is 0.904. The maximum Gasteiger partial charge on any atom is 0.157 e. The van der Waals surface area contributed by atoms with Gasteiger partial charge in [-0.1, -0.05) is 43.2 Å². The van der Waals surface area contributed by atoms with Crippen molar-refractivity contribution in [3.05, 3.63) is 35.9 Å². The zero-order valence-corrected chi connectivity index (χ0v) is 12.6. The van der Waals surface area contributed by atoms with Crippen molar-refractivity contribution in [3.63, 3.8) is 0 Å². The van der Waals surface area contributed by atoms with Crippen molar-refractivity contribution in [2.45, 2.75) is 50.0 Å². The van der Waals surface area contributed by atoms with E-state index in [0.717, 1.165) is 45.1 Å². The average molecular weight is 287 g/mol. The lowest BCUT2D eigenvalue weighted by Crippen LogP contribution is -2.44. The van der Waals surface area contributed by atoms with E-state index in [1.165, 1.54) is 5.56 Å². The van der Waals surface area contributed by atoms with Gasteiger partial charge in [0.05, 0.1) is 18.6 Å². The number of likely N-dealkylation sites (tertiary alicyclic amines) is 1. The van der Waals surface area contributed by atoms with Gasteiger partial charge in [0.15, 0.2) is 5.78 Å². The molecule has 1 N–H and O–H groups in total. The fourth-order valence-corrected chi connectivity index (χ4v) is 4.11. The van der Waals surface area contributed by atoms with Crippen molar-refractivity contribution in [1.82, 2.24) is 4.90 Å². The Morgan fingerprint density at radius 1 is 1.19 bits per heavy atom. The van der Waals surface area contributed by atoms with E-state index >= 15 is 0 Å². The molecular formula is C18H25NO2. The molecule has 3 nitrogen and oxygen atoms in total. The van der Waals surface area contributed by atoms with Crippen LogP contribution in [0.25, 0.3) is 0 Å². The van der Waals surface area contributed by atoms with E-state index in [9.17, 15) is 9.90 Å². The Bertz CT molecular complexity index is 479. The molecule has 1 atom stereocenters. The van der Waals surface area contributed by atoms with Gasteiger partial charge < -0.3 is 5.11 Å². The van der Waals surface area contributed by atoms with Gasteiger partial charge in [-0.15, -0.1) is 0 Å². The molecule has 1 aliphatic carbocycles. The highest BCUT2D eigenvalue weighted by molar-refractivity contribution is 5.92. The number of rotatable bonds is 5. The Balaban J connectivity index is 1.80. The fraction of sp³-hybridized carbons (Fsp3) is 0.611. The summed E-state index contributed by atoms with van der Waals surface area (Å²) in [5, 5.41) is 9.44. The second kappa shape index (κ2) is 6.29. The van der Waals surface area contributed by atoms with Gasteiger partial charge in [0.1, 0.15) is 0 Å². The van der Waals surface area contributed by atoms with Crippen LogP contribution in [0.15, 0.2) is 30.3 Å². The highest BCUT2D eigenvalue weighted by Crippen LogP contribution is 2.42. The number of carbonyl (C=O) groups excluding carboxylic acids is 1. The number of hydrogen-bond acceptors (Lipinski definition) is 3. The molecule has 21 heavy (non-hydrogen) atoms. The molecule has 1 saturated carbocycles. The number of aliphatic hydroxyl groups is 1. The van der Waals surface area contributed by atoms with Crippen LogP contribution in [-0.4, -0.2) is 41.5 Å². The monoisotopic (exact) mass is 287 g/mol. The molecule has 0 bridgehead atoms. The van der Waals surface area contributed by atoms with E-state index in [4.69, 9.17) is 0 Å². The number of aliphatic hydroxyl groups excluding tert-OH is 1. The van der Waals surface area contributed by atoms with Gasteiger partial charge in [0.2, 0.25) is 0 Å². The summed E-state index contributed by atoms with van der Waals surface area (Å²) < 4.78 is 0. The van der Waals surface area contributed by atoms with Gasteiger partial charge in [-0.3, -0.25) is 9.69 Å². The van der Waals surface area contributed by atoms with Gasteiger partial charge in [-0.2, -0.15) is 0 Å². The SMILES string of the molecule is O=C(CN1CCC[C@H]1CO)C1(c2ccccc2)CCCC1. The molecular weight excluding hydrogens is 262 g/mol. The first-order chi connectivity index (χ1) is 10.3. The molecule has 2 fully saturated rings. The fourth-order valence-electron chi connectivity index (χ4n) is 4.11. The highest BCUT2D eigenvalue weighted by atomic mass is 16.3. The Hall–Kier alpha value is -1.19. The Morgan fingerprint density at radius 2 is 1.90 bits per heavy atom. The normalized spacial score (nSPS) is 25.3. The predicted molar refractivity (Wildman–Crippen MR) is 83.3 cm³/mol. The Kier molecular flexibility index (Phi) is 4.41. The average Bonchev–Trinajstić information content (AvgIpc) is 3.17. The van der Waals surface area contributed by atoms with E-state index in [2.05, 4.69) is 17.0 Å². The summed E-state index contributed by atoms with van der Waals surface area (Å²) >= 11 is 0. The summed E-state index contributed by atoms with van der Waals surface area (Å²) in [5.41, 5.74) is 0.913. The molecule has 3 rings (SSSR count). The maximum absolute atomic E-state index is 13.1. The molecule has 2 aliphatic rings. The zero-order valence-electron chi connectivity index (χ0n) is 12.6. The third-order valence-electron chi connectivity index (χ3n) is 5.37. The molecule has 0 aromatic heterocycles. The molecule has 1 aliphatic heterocycles. The largest absolute Gasteiger partial charge is 0.395 e. The summed E-state index contributed by atoms with van der Waals surface area (Å²) in [6.07, 6.45) is 6.36. The second-order valence-electron chi connectivity index (χ2n) is 6.53. The predicted octanol–water partition coefficient (Wildman–Crippen LogP) is 2.52. The van der Waals surface area contributed by atoms with Crippen LogP contribution in [-0.2, 0) is 10.2 Å². The number of Topliss-reactive ketones (excluding diaryl/α,β-unsaturated/α-hetero) is 1. The molecule has 1 aromatic carbocycles. The van der Waals surface area contributed by atoms with Crippen LogP contribution in [0.2, 0.25) is 0 Å². The first-order valence-electron chi connectivity index (χ1n) is 8.20. The van der Waals surface area contributed by atoms with Crippen molar-refractivity contribution in [3.8, 4) is 0 Å². The first kappa shape index (κ1) is 14.7. The van der Waals surface area contributed by atoms with Crippen LogP contribution in [0, 0.1) is 0 Å². The minimum atomic E-state index is -0.274.